The largest absolute Gasteiger partial charge is 0.544 e. The Balaban J connectivity index is 4.49. The highest BCUT2D eigenvalue weighted by atomic mass is 16.6. The fourth-order valence-electron chi connectivity index (χ4n) is 4.94. The molecular formula is C42H69NO7. The summed E-state index contributed by atoms with van der Waals surface area (Å²) in [5.41, 5.74) is 0. The Kier molecular flexibility index (Phi) is 30.8. The van der Waals surface area contributed by atoms with Gasteiger partial charge in [0.05, 0.1) is 40.3 Å². The van der Waals surface area contributed by atoms with Crippen molar-refractivity contribution in [3.63, 3.8) is 0 Å². The molecule has 0 rings (SSSR count). The zero-order valence-electron chi connectivity index (χ0n) is 32.0. The van der Waals surface area contributed by atoms with E-state index >= 15 is 0 Å². The molecule has 0 aromatic heterocycles. The number of unbranched alkanes of at least 4 members (excludes halogenated alkanes) is 10. The molecule has 0 aliphatic heterocycles. The van der Waals surface area contributed by atoms with Crippen molar-refractivity contribution < 1.29 is 38.2 Å². The molecule has 50 heavy (non-hydrogen) atoms. The first-order valence-corrected chi connectivity index (χ1v) is 19.0. The molecule has 0 aliphatic rings. The van der Waals surface area contributed by atoms with Gasteiger partial charge in [0.1, 0.15) is 12.6 Å². The van der Waals surface area contributed by atoms with Crippen LogP contribution in [0.25, 0.3) is 0 Å². The van der Waals surface area contributed by atoms with E-state index in [4.69, 9.17) is 14.2 Å². The molecule has 0 aromatic rings. The number of nitrogens with zero attached hydrogens (tertiary/aromatic N) is 1. The van der Waals surface area contributed by atoms with Gasteiger partial charge in [0, 0.05) is 19.3 Å². The fraction of sp³-hybridized carbons (Fsp3) is 0.643. The number of esters is 2. The molecule has 0 heterocycles. The second-order valence-electron chi connectivity index (χ2n) is 13.6. The SMILES string of the molecule is CCC/C=C/C=C/C=C/C=C/C=C/CCCCCCCC(=O)OC(COCCC(C(=O)[O-])[N+](C)(C)C)COC(=O)CC/C=C/CCCCCC. The van der Waals surface area contributed by atoms with Crippen LogP contribution in [0.2, 0.25) is 0 Å². The van der Waals surface area contributed by atoms with E-state index in [1.807, 2.05) is 42.5 Å². The van der Waals surface area contributed by atoms with Crippen LogP contribution >= 0.6 is 0 Å². The van der Waals surface area contributed by atoms with E-state index < -0.39 is 18.1 Å². The van der Waals surface area contributed by atoms with E-state index in [0.29, 0.717) is 6.42 Å². The third kappa shape index (κ3) is 30.8. The molecule has 0 aliphatic carbocycles. The molecule has 2 unspecified atom stereocenters. The fourth-order valence-corrected chi connectivity index (χ4v) is 4.94. The Labute approximate surface area is 304 Å². The minimum Gasteiger partial charge on any atom is -0.544 e. The van der Waals surface area contributed by atoms with E-state index in [-0.39, 0.29) is 55.5 Å². The Morgan fingerprint density at radius 1 is 0.600 bits per heavy atom. The van der Waals surface area contributed by atoms with E-state index in [9.17, 15) is 19.5 Å². The van der Waals surface area contributed by atoms with Crippen LogP contribution in [0.3, 0.4) is 0 Å². The second-order valence-corrected chi connectivity index (χ2v) is 13.6. The molecule has 0 spiro atoms. The van der Waals surface area contributed by atoms with Crippen LogP contribution in [0.15, 0.2) is 72.9 Å². The number of aliphatic carboxylic acids is 1. The number of ether oxygens (including phenoxy) is 3. The number of carbonyl (C=O) groups excluding carboxylic acids is 3. The van der Waals surface area contributed by atoms with Crippen molar-refractivity contribution in [1.82, 2.24) is 0 Å². The number of hydrogen-bond acceptors (Lipinski definition) is 7. The van der Waals surface area contributed by atoms with Gasteiger partial charge in [-0.05, 0) is 44.9 Å². The molecule has 2 atom stereocenters. The van der Waals surface area contributed by atoms with Crippen LogP contribution in [0.4, 0.5) is 0 Å². The third-order valence-corrected chi connectivity index (χ3v) is 7.94. The number of quaternary nitrogens is 1. The van der Waals surface area contributed by atoms with Gasteiger partial charge in [-0.25, -0.2) is 0 Å². The minimum atomic E-state index is -1.14. The van der Waals surface area contributed by atoms with Gasteiger partial charge < -0.3 is 28.6 Å². The number of carboxylic acid groups (broad SMARTS) is 1. The Morgan fingerprint density at radius 3 is 1.78 bits per heavy atom. The molecule has 0 aromatic carbocycles. The first-order chi connectivity index (χ1) is 24.1. The lowest BCUT2D eigenvalue weighted by atomic mass is 10.1. The average molecular weight is 700 g/mol. The lowest BCUT2D eigenvalue weighted by Gasteiger charge is -2.34. The summed E-state index contributed by atoms with van der Waals surface area (Å²) in [7, 11) is 5.36. The predicted molar refractivity (Wildman–Crippen MR) is 203 cm³/mol. The minimum absolute atomic E-state index is 0.0142. The number of carboxylic acids is 1. The smallest absolute Gasteiger partial charge is 0.306 e. The molecule has 0 saturated heterocycles. The highest BCUT2D eigenvalue weighted by Crippen LogP contribution is 2.11. The van der Waals surface area contributed by atoms with E-state index in [2.05, 4.69) is 44.2 Å². The normalized spacial score (nSPS) is 13.9. The number of allylic oxidation sites excluding steroid dienone is 12. The monoisotopic (exact) mass is 700 g/mol. The number of likely N-dealkylation sites (N-methyl/N-ethyl adjacent to an activating group) is 1. The summed E-state index contributed by atoms with van der Waals surface area (Å²) >= 11 is 0. The summed E-state index contributed by atoms with van der Waals surface area (Å²) in [6.07, 6.45) is 39.4. The van der Waals surface area contributed by atoms with Crippen LogP contribution < -0.4 is 5.11 Å². The van der Waals surface area contributed by atoms with Gasteiger partial charge >= 0.3 is 11.9 Å². The highest BCUT2D eigenvalue weighted by molar-refractivity contribution is 5.70. The Hall–Kier alpha value is -3.23. The first-order valence-electron chi connectivity index (χ1n) is 19.0. The molecule has 284 valence electrons. The van der Waals surface area contributed by atoms with E-state index in [0.717, 1.165) is 57.8 Å². The maximum Gasteiger partial charge on any atom is 0.306 e. The molecule has 8 heteroatoms. The quantitative estimate of drug-likeness (QED) is 0.0229. The van der Waals surface area contributed by atoms with Crippen LogP contribution in [0.5, 0.6) is 0 Å². The average Bonchev–Trinajstić information content (AvgIpc) is 3.06. The van der Waals surface area contributed by atoms with Crippen molar-refractivity contribution in [2.45, 2.75) is 135 Å². The summed E-state index contributed by atoms with van der Waals surface area (Å²) in [6.45, 7) is 4.42. The van der Waals surface area contributed by atoms with Crippen molar-refractivity contribution in [3.05, 3.63) is 72.9 Å². The zero-order chi connectivity index (χ0) is 37.1. The summed E-state index contributed by atoms with van der Waals surface area (Å²) < 4.78 is 17.0. The molecule has 0 bridgehead atoms. The first kappa shape index (κ1) is 46.8. The van der Waals surface area contributed by atoms with Crippen molar-refractivity contribution in [2.24, 2.45) is 0 Å². The van der Waals surface area contributed by atoms with Crippen molar-refractivity contribution in [3.8, 4) is 0 Å². The standard InChI is InChI=1S/C42H69NO7/c1-6-8-10-12-14-16-17-18-19-20-21-22-23-24-25-27-29-31-33-41(45)50-38(36-48-35-34-39(42(46)47)43(3,4)5)37-49-40(44)32-30-28-26-15-13-11-9-7-2/h10,12,14,16-22,26,28,38-39H,6-9,11,13,15,23-25,27,29-37H2,1-5H3/b12-10+,16-14+,18-17+,20-19+,22-21+,28-26+. The lowest BCUT2D eigenvalue weighted by molar-refractivity contribution is -0.889. The number of hydrogen-bond donors (Lipinski definition) is 0. The molecule has 0 amide bonds. The van der Waals surface area contributed by atoms with Gasteiger partial charge in [0.25, 0.3) is 0 Å². The van der Waals surface area contributed by atoms with Crippen LogP contribution in [0, 0.1) is 0 Å². The van der Waals surface area contributed by atoms with Crippen molar-refractivity contribution in [2.75, 3.05) is 41.0 Å². The van der Waals surface area contributed by atoms with Gasteiger partial charge in [-0.15, -0.1) is 0 Å². The van der Waals surface area contributed by atoms with Crippen LogP contribution in [0.1, 0.15) is 123 Å². The van der Waals surface area contributed by atoms with E-state index in [1.54, 1.807) is 21.1 Å². The maximum absolute atomic E-state index is 12.6. The summed E-state index contributed by atoms with van der Waals surface area (Å²) in [5.74, 6) is -1.85. The van der Waals surface area contributed by atoms with Gasteiger partial charge in [-0.1, -0.05) is 132 Å². The molecule has 0 radical (unpaired) electrons. The molecule has 0 fully saturated rings. The number of carbonyl (C=O) groups is 3. The number of rotatable bonds is 32. The predicted octanol–water partition coefficient (Wildman–Crippen LogP) is 8.29. The molecular weight excluding hydrogens is 630 g/mol. The van der Waals surface area contributed by atoms with Crippen LogP contribution in [-0.4, -0.2) is 75.5 Å². The molecule has 0 saturated carbocycles. The molecule has 8 nitrogen and oxygen atoms in total. The zero-order valence-corrected chi connectivity index (χ0v) is 32.0. The Bertz CT molecular complexity index is 1050. The van der Waals surface area contributed by atoms with Gasteiger partial charge in [-0.2, -0.15) is 0 Å². The Morgan fingerprint density at radius 2 is 1.16 bits per heavy atom. The van der Waals surface area contributed by atoms with E-state index in [1.165, 1.54) is 25.7 Å². The van der Waals surface area contributed by atoms with Crippen LogP contribution in [-0.2, 0) is 28.6 Å². The van der Waals surface area contributed by atoms with Gasteiger partial charge in [-0.3, -0.25) is 9.59 Å². The van der Waals surface area contributed by atoms with Gasteiger partial charge in [0.15, 0.2) is 6.10 Å². The highest BCUT2D eigenvalue weighted by Gasteiger charge is 2.25. The van der Waals surface area contributed by atoms with Crippen molar-refractivity contribution >= 4 is 17.9 Å². The maximum atomic E-state index is 12.6. The van der Waals surface area contributed by atoms with Crippen molar-refractivity contribution in [1.29, 1.82) is 0 Å². The lowest BCUT2D eigenvalue weighted by Crippen LogP contribution is -2.55. The summed E-state index contributed by atoms with van der Waals surface area (Å²) in [6, 6.07) is -0.737. The second kappa shape index (κ2) is 32.9. The third-order valence-electron chi connectivity index (χ3n) is 7.94. The summed E-state index contributed by atoms with van der Waals surface area (Å²) in [5, 5.41) is 11.6. The summed E-state index contributed by atoms with van der Waals surface area (Å²) in [4.78, 5) is 36.5. The van der Waals surface area contributed by atoms with Gasteiger partial charge in [0.2, 0.25) is 0 Å². The topological polar surface area (TPSA) is 102 Å². The molecule has 0 N–H and O–H groups in total.